The lowest BCUT2D eigenvalue weighted by Gasteiger charge is -2.30. The molecule has 0 radical (unpaired) electrons. The zero-order valence-electron chi connectivity index (χ0n) is 16.9. The number of sulfonamides is 1. The van der Waals surface area contributed by atoms with Gasteiger partial charge >= 0.3 is 0 Å². The second-order valence-electron chi connectivity index (χ2n) is 8.01. The number of hydrogen-bond donors (Lipinski definition) is 0. The number of amidine groups is 1. The summed E-state index contributed by atoms with van der Waals surface area (Å²) in [6, 6.07) is 21.2. The molecule has 154 valence electrons. The van der Waals surface area contributed by atoms with Gasteiger partial charge in [-0.3, -0.25) is 0 Å². The molecule has 0 bridgehead atoms. The summed E-state index contributed by atoms with van der Waals surface area (Å²) in [6.07, 6.45) is 4.12. The van der Waals surface area contributed by atoms with Gasteiger partial charge < -0.3 is 0 Å². The quantitative estimate of drug-likeness (QED) is 0.515. The first kappa shape index (κ1) is 19.6. The van der Waals surface area contributed by atoms with Crippen molar-refractivity contribution in [3.8, 4) is 0 Å². The molecule has 6 heteroatoms. The molecule has 2 aliphatic rings. The Bertz CT molecular complexity index is 1210. The van der Waals surface area contributed by atoms with Gasteiger partial charge in [-0.2, -0.15) is 0 Å². The SMILES string of the molecule is Cc1ccc(S(=O)(=O)N2C(=Nc3cccc4ccccc34)S[C@@H]3CCCC[C@H]32)cc1. The lowest BCUT2D eigenvalue weighted by molar-refractivity contribution is 0.348. The molecule has 1 saturated heterocycles. The highest BCUT2D eigenvalue weighted by atomic mass is 32.2. The first-order valence-corrected chi connectivity index (χ1v) is 12.7. The molecule has 4 nitrogen and oxygen atoms in total. The molecule has 1 aliphatic heterocycles. The van der Waals surface area contributed by atoms with Crippen molar-refractivity contribution in [1.82, 2.24) is 4.31 Å². The minimum Gasteiger partial charge on any atom is -0.240 e. The largest absolute Gasteiger partial charge is 0.266 e. The van der Waals surface area contributed by atoms with Crippen molar-refractivity contribution in [1.29, 1.82) is 0 Å². The van der Waals surface area contributed by atoms with Gasteiger partial charge in [0.25, 0.3) is 10.0 Å². The topological polar surface area (TPSA) is 49.7 Å². The first-order valence-electron chi connectivity index (χ1n) is 10.4. The zero-order valence-corrected chi connectivity index (χ0v) is 18.5. The molecule has 0 unspecified atom stereocenters. The number of hydrogen-bond acceptors (Lipinski definition) is 4. The molecule has 5 rings (SSSR count). The van der Waals surface area contributed by atoms with E-state index in [0.29, 0.717) is 10.1 Å². The van der Waals surface area contributed by atoms with Gasteiger partial charge in [-0.05, 0) is 43.4 Å². The monoisotopic (exact) mass is 436 g/mol. The number of aliphatic imine (C=N–C) groups is 1. The fourth-order valence-corrected chi connectivity index (χ4v) is 7.82. The highest BCUT2D eigenvalue weighted by Gasteiger charge is 2.46. The second-order valence-corrected chi connectivity index (χ2v) is 11.0. The number of aryl methyl sites for hydroxylation is 1. The summed E-state index contributed by atoms with van der Waals surface area (Å²) in [5.74, 6) is 0. The van der Waals surface area contributed by atoms with E-state index in [1.54, 1.807) is 28.2 Å². The summed E-state index contributed by atoms with van der Waals surface area (Å²) in [6.45, 7) is 1.96. The summed E-state index contributed by atoms with van der Waals surface area (Å²) in [5, 5.41) is 3.01. The average molecular weight is 437 g/mol. The molecule has 0 N–H and O–H groups in total. The smallest absolute Gasteiger partial charge is 0.240 e. The van der Waals surface area contributed by atoms with Crippen molar-refractivity contribution in [2.45, 2.75) is 48.8 Å². The molecule has 1 heterocycles. The van der Waals surface area contributed by atoms with Crippen LogP contribution in [0.15, 0.2) is 76.6 Å². The van der Waals surface area contributed by atoms with Crippen LogP contribution in [0, 0.1) is 6.92 Å². The first-order chi connectivity index (χ1) is 14.5. The Morgan fingerprint density at radius 1 is 0.933 bits per heavy atom. The Morgan fingerprint density at radius 2 is 1.67 bits per heavy atom. The number of fused-ring (bicyclic) bond motifs is 2. The summed E-state index contributed by atoms with van der Waals surface area (Å²) in [7, 11) is -3.67. The van der Waals surface area contributed by atoms with Crippen LogP contribution in [0.2, 0.25) is 0 Å². The Kier molecular flexibility index (Phi) is 5.07. The molecule has 1 saturated carbocycles. The van der Waals surface area contributed by atoms with Gasteiger partial charge in [-0.15, -0.1) is 0 Å². The van der Waals surface area contributed by atoms with Gasteiger partial charge in [0.1, 0.15) is 0 Å². The lowest BCUT2D eigenvalue weighted by Crippen LogP contribution is -2.42. The van der Waals surface area contributed by atoms with Crippen LogP contribution in [-0.4, -0.2) is 29.2 Å². The van der Waals surface area contributed by atoms with Gasteiger partial charge in [-0.1, -0.05) is 78.7 Å². The van der Waals surface area contributed by atoms with E-state index < -0.39 is 10.0 Å². The summed E-state index contributed by atoms with van der Waals surface area (Å²) >= 11 is 1.63. The Labute approximate surface area is 182 Å². The van der Waals surface area contributed by atoms with Crippen LogP contribution in [0.3, 0.4) is 0 Å². The Morgan fingerprint density at radius 3 is 2.50 bits per heavy atom. The van der Waals surface area contributed by atoms with E-state index in [2.05, 4.69) is 12.1 Å². The molecule has 0 amide bonds. The van der Waals surface area contributed by atoms with Gasteiger partial charge in [-0.25, -0.2) is 17.7 Å². The molecule has 30 heavy (non-hydrogen) atoms. The maximum absolute atomic E-state index is 13.7. The van der Waals surface area contributed by atoms with Crippen LogP contribution in [-0.2, 0) is 10.0 Å². The van der Waals surface area contributed by atoms with Crippen LogP contribution in [0.25, 0.3) is 10.8 Å². The predicted molar refractivity (Wildman–Crippen MR) is 125 cm³/mol. The maximum atomic E-state index is 13.7. The number of nitrogens with zero attached hydrogens (tertiary/aromatic N) is 2. The highest BCUT2D eigenvalue weighted by Crippen LogP contribution is 2.44. The molecule has 2 atom stereocenters. The molecule has 0 spiro atoms. The van der Waals surface area contributed by atoms with E-state index in [-0.39, 0.29) is 11.3 Å². The highest BCUT2D eigenvalue weighted by molar-refractivity contribution is 8.16. The molecule has 1 aliphatic carbocycles. The minimum atomic E-state index is -3.67. The second kappa shape index (κ2) is 7.75. The summed E-state index contributed by atoms with van der Waals surface area (Å²) in [4.78, 5) is 5.27. The van der Waals surface area contributed by atoms with E-state index in [1.165, 1.54) is 0 Å². The molecule has 3 aromatic carbocycles. The van der Waals surface area contributed by atoms with Crippen molar-refractivity contribution in [2.75, 3.05) is 0 Å². The van der Waals surface area contributed by atoms with Crippen LogP contribution in [0.1, 0.15) is 31.2 Å². The van der Waals surface area contributed by atoms with Crippen LogP contribution in [0.5, 0.6) is 0 Å². The molecule has 2 fully saturated rings. The van der Waals surface area contributed by atoms with Crippen LogP contribution in [0.4, 0.5) is 5.69 Å². The summed E-state index contributed by atoms with van der Waals surface area (Å²) in [5.41, 5.74) is 1.86. The standard InChI is InChI=1S/C24H24N2O2S2/c1-17-13-15-19(16-14-17)30(27,28)26-22-11-4-5-12-23(22)29-24(26)25-21-10-6-8-18-7-2-3-9-20(18)21/h2-3,6-10,13-16,22-23H,4-5,11-12H2,1H3/t22-,23-/m1/s1. The van der Waals surface area contributed by atoms with Crippen molar-refractivity contribution in [3.05, 3.63) is 72.3 Å². The Balaban J connectivity index is 1.64. The molecular weight excluding hydrogens is 412 g/mol. The molecule has 3 aromatic rings. The lowest BCUT2D eigenvalue weighted by atomic mass is 9.95. The van der Waals surface area contributed by atoms with E-state index in [0.717, 1.165) is 47.7 Å². The van der Waals surface area contributed by atoms with Gasteiger partial charge in [0, 0.05) is 10.6 Å². The molecular formula is C24H24N2O2S2. The number of benzene rings is 3. The van der Waals surface area contributed by atoms with Gasteiger partial charge in [0.15, 0.2) is 5.17 Å². The van der Waals surface area contributed by atoms with Crippen LogP contribution < -0.4 is 0 Å². The minimum absolute atomic E-state index is 0.0243. The third kappa shape index (κ3) is 3.42. The average Bonchev–Trinajstić information content (AvgIpc) is 3.13. The fraction of sp³-hybridized carbons (Fsp3) is 0.292. The van der Waals surface area contributed by atoms with E-state index in [9.17, 15) is 8.42 Å². The normalized spacial score (nSPS) is 23.1. The number of rotatable bonds is 3. The Hall–Kier alpha value is -2.31. The zero-order chi connectivity index (χ0) is 20.7. The maximum Gasteiger partial charge on any atom is 0.266 e. The van der Waals surface area contributed by atoms with Crippen LogP contribution >= 0.6 is 11.8 Å². The van der Waals surface area contributed by atoms with E-state index in [4.69, 9.17) is 4.99 Å². The van der Waals surface area contributed by atoms with Crippen molar-refractivity contribution < 1.29 is 8.42 Å². The van der Waals surface area contributed by atoms with Gasteiger partial charge in [0.2, 0.25) is 0 Å². The van der Waals surface area contributed by atoms with Crippen molar-refractivity contribution in [3.63, 3.8) is 0 Å². The van der Waals surface area contributed by atoms with Gasteiger partial charge in [0.05, 0.1) is 16.6 Å². The third-order valence-corrected chi connectivity index (χ3v) is 9.27. The predicted octanol–water partition coefficient (Wildman–Crippen LogP) is 5.88. The fourth-order valence-electron chi connectivity index (χ4n) is 4.40. The van der Waals surface area contributed by atoms with E-state index in [1.807, 2.05) is 49.4 Å². The molecule has 0 aromatic heterocycles. The summed E-state index contributed by atoms with van der Waals surface area (Å²) < 4.78 is 29.0. The number of thioether (sulfide) groups is 1. The third-order valence-electron chi connectivity index (χ3n) is 5.97. The van der Waals surface area contributed by atoms with Crippen molar-refractivity contribution in [2.24, 2.45) is 4.99 Å². The van der Waals surface area contributed by atoms with Crippen molar-refractivity contribution >= 4 is 43.4 Å². The van der Waals surface area contributed by atoms with E-state index >= 15 is 0 Å².